The van der Waals surface area contributed by atoms with E-state index in [9.17, 15) is 0 Å². The number of benzene rings is 1. The van der Waals surface area contributed by atoms with Crippen molar-refractivity contribution in [2.45, 2.75) is 59.8 Å². The summed E-state index contributed by atoms with van der Waals surface area (Å²) in [6.07, 6.45) is 6.11. The van der Waals surface area contributed by atoms with Crippen molar-refractivity contribution >= 4 is 10.9 Å². The molecule has 3 heteroatoms. The number of hydrogen-bond acceptors (Lipinski definition) is 3. The molecule has 0 radical (unpaired) electrons. The summed E-state index contributed by atoms with van der Waals surface area (Å²) in [7, 11) is 0. The van der Waals surface area contributed by atoms with Gasteiger partial charge in [-0.25, -0.2) is 0 Å². The molecule has 2 aliphatic rings. The normalized spacial score (nSPS) is 19.2. The van der Waals surface area contributed by atoms with E-state index in [1.807, 2.05) is 0 Å². The van der Waals surface area contributed by atoms with Crippen molar-refractivity contribution in [3.05, 3.63) is 34.5 Å². The first-order valence-corrected chi connectivity index (χ1v) is 10.2. The molecule has 0 unspecified atom stereocenters. The molecule has 1 fully saturated rings. The molecule has 0 N–H and O–H groups in total. The van der Waals surface area contributed by atoms with Crippen LogP contribution < -0.4 is 4.74 Å². The van der Waals surface area contributed by atoms with Crippen LogP contribution >= 0.6 is 0 Å². The Morgan fingerprint density at radius 1 is 1.08 bits per heavy atom. The lowest BCUT2D eigenvalue weighted by atomic mass is 9.90. The highest BCUT2D eigenvalue weighted by atomic mass is 16.5. The average Bonchev–Trinajstić information content (AvgIpc) is 3.20. The van der Waals surface area contributed by atoms with Gasteiger partial charge >= 0.3 is 0 Å². The van der Waals surface area contributed by atoms with E-state index < -0.39 is 0 Å². The lowest BCUT2D eigenvalue weighted by molar-refractivity contribution is 0.262. The van der Waals surface area contributed by atoms with Crippen LogP contribution in [0, 0.1) is 19.3 Å². The molecule has 26 heavy (non-hydrogen) atoms. The van der Waals surface area contributed by atoms with Gasteiger partial charge in [0.1, 0.15) is 5.75 Å². The molecule has 0 spiro atoms. The summed E-state index contributed by atoms with van der Waals surface area (Å²) in [6, 6.07) is 4.47. The molecule has 0 saturated carbocycles. The number of likely N-dealkylation sites (tertiary alicyclic amines) is 1. The van der Waals surface area contributed by atoms with Gasteiger partial charge in [-0.1, -0.05) is 13.8 Å². The van der Waals surface area contributed by atoms with Gasteiger partial charge in [-0.3, -0.25) is 4.98 Å². The molecule has 1 aliphatic heterocycles. The Morgan fingerprint density at radius 2 is 1.81 bits per heavy atom. The largest absolute Gasteiger partial charge is 0.493 e. The highest BCUT2D eigenvalue weighted by Crippen LogP contribution is 2.41. The first-order chi connectivity index (χ1) is 12.4. The van der Waals surface area contributed by atoms with Gasteiger partial charge in [-0.2, -0.15) is 0 Å². The Labute approximate surface area is 157 Å². The van der Waals surface area contributed by atoms with E-state index in [4.69, 9.17) is 9.72 Å². The van der Waals surface area contributed by atoms with Crippen molar-refractivity contribution in [3.63, 3.8) is 0 Å². The fraction of sp³-hybridized carbons (Fsp3) is 0.609. The predicted octanol–water partition coefficient (Wildman–Crippen LogP) is 4.84. The van der Waals surface area contributed by atoms with Gasteiger partial charge in [0.2, 0.25) is 0 Å². The van der Waals surface area contributed by atoms with Crippen molar-refractivity contribution in [2.75, 3.05) is 26.2 Å². The lowest BCUT2D eigenvalue weighted by Gasteiger charge is -2.16. The number of rotatable bonds is 5. The Balaban J connectivity index is 1.52. The van der Waals surface area contributed by atoms with Gasteiger partial charge < -0.3 is 9.64 Å². The number of hydrogen-bond donors (Lipinski definition) is 0. The van der Waals surface area contributed by atoms with E-state index in [0.29, 0.717) is 5.41 Å². The molecular weight excluding hydrogens is 320 g/mol. The molecule has 0 atom stereocenters. The second kappa shape index (κ2) is 6.84. The average molecular weight is 353 g/mol. The Bertz CT molecular complexity index is 819. The summed E-state index contributed by atoms with van der Waals surface area (Å²) in [4.78, 5) is 7.47. The van der Waals surface area contributed by atoms with Crippen LogP contribution in [0.2, 0.25) is 0 Å². The van der Waals surface area contributed by atoms with Crippen molar-refractivity contribution in [1.29, 1.82) is 0 Å². The Morgan fingerprint density at radius 3 is 2.58 bits per heavy atom. The molecule has 2 aromatic rings. The molecule has 140 valence electrons. The second-order valence-electron chi connectivity index (χ2n) is 9.06. The van der Waals surface area contributed by atoms with Gasteiger partial charge in [0, 0.05) is 23.7 Å². The molecule has 1 aromatic heterocycles. The zero-order valence-electron chi connectivity index (χ0n) is 16.8. The van der Waals surface area contributed by atoms with Crippen molar-refractivity contribution in [1.82, 2.24) is 9.88 Å². The predicted molar refractivity (Wildman–Crippen MR) is 108 cm³/mol. The maximum Gasteiger partial charge on any atom is 0.124 e. The standard InChI is InChI=1S/C23H32N2O/c1-16-12-18-20-15-23(3,4)14-19(20)17(2)24-21(18)13-22(16)26-11-7-10-25-8-5-6-9-25/h12-13H,5-11,14-15H2,1-4H3. The number of fused-ring (bicyclic) bond motifs is 3. The Hall–Kier alpha value is -1.61. The molecular formula is C23H32N2O. The molecule has 1 aliphatic carbocycles. The minimum atomic E-state index is 0.349. The van der Waals surface area contributed by atoms with Crippen LogP contribution in [-0.4, -0.2) is 36.1 Å². The van der Waals surface area contributed by atoms with Gasteiger partial charge in [0.25, 0.3) is 0 Å². The van der Waals surface area contributed by atoms with Gasteiger partial charge in [-0.15, -0.1) is 0 Å². The Kier molecular flexibility index (Phi) is 4.68. The van der Waals surface area contributed by atoms with Crippen LogP contribution in [0.25, 0.3) is 10.9 Å². The first kappa shape index (κ1) is 17.8. The maximum atomic E-state index is 6.14. The molecule has 2 heterocycles. The number of ether oxygens (including phenoxy) is 1. The molecule has 4 rings (SSSR count). The van der Waals surface area contributed by atoms with E-state index in [2.05, 4.69) is 44.7 Å². The fourth-order valence-corrected chi connectivity index (χ4v) is 4.73. The highest BCUT2D eigenvalue weighted by Gasteiger charge is 2.31. The van der Waals surface area contributed by atoms with Gasteiger partial charge in [0.15, 0.2) is 0 Å². The number of aryl methyl sites for hydroxylation is 2. The first-order valence-electron chi connectivity index (χ1n) is 10.2. The van der Waals surface area contributed by atoms with Crippen LogP contribution in [0.1, 0.15) is 55.5 Å². The number of pyridine rings is 1. The third-order valence-electron chi connectivity index (χ3n) is 6.09. The van der Waals surface area contributed by atoms with E-state index in [-0.39, 0.29) is 0 Å². The van der Waals surface area contributed by atoms with Crippen molar-refractivity contribution in [3.8, 4) is 5.75 Å². The second-order valence-corrected chi connectivity index (χ2v) is 9.06. The van der Waals surface area contributed by atoms with Crippen LogP contribution in [0.15, 0.2) is 12.1 Å². The smallest absolute Gasteiger partial charge is 0.124 e. The molecule has 3 nitrogen and oxygen atoms in total. The lowest BCUT2D eigenvalue weighted by Crippen LogP contribution is -2.21. The zero-order chi connectivity index (χ0) is 18.3. The van der Waals surface area contributed by atoms with Crippen LogP contribution in [0.5, 0.6) is 5.75 Å². The third kappa shape index (κ3) is 3.46. The monoisotopic (exact) mass is 352 g/mol. The minimum absolute atomic E-state index is 0.349. The quantitative estimate of drug-likeness (QED) is 0.720. The summed E-state index contributed by atoms with van der Waals surface area (Å²) < 4.78 is 6.14. The topological polar surface area (TPSA) is 25.4 Å². The molecule has 0 amide bonds. The van der Waals surface area contributed by atoms with Crippen LogP contribution in [0.3, 0.4) is 0 Å². The minimum Gasteiger partial charge on any atom is -0.493 e. The molecule has 1 aromatic carbocycles. The summed E-state index contributed by atoms with van der Waals surface area (Å²) in [5, 5.41) is 1.33. The van der Waals surface area contributed by atoms with E-state index >= 15 is 0 Å². The SMILES string of the molecule is Cc1cc2c3c(c(C)nc2cc1OCCCN1CCCC1)CC(C)(C)C3. The zero-order valence-corrected chi connectivity index (χ0v) is 16.8. The summed E-state index contributed by atoms with van der Waals surface area (Å²) in [5.41, 5.74) is 6.86. The van der Waals surface area contributed by atoms with Crippen LogP contribution in [-0.2, 0) is 12.8 Å². The molecule has 1 saturated heterocycles. The van der Waals surface area contributed by atoms with E-state index in [1.54, 1.807) is 0 Å². The number of aromatic nitrogens is 1. The van der Waals surface area contributed by atoms with Gasteiger partial charge in [-0.05, 0) is 87.2 Å². The maximum absolute atomic E-state index is 6.14. The van der Waals surface area contributed by atoms with E-state index in [0.717, 1.165) is 43.7 Å². The summed E-state index contributed by atoms with van der Waals surface area (Å²) in [5.74, 6) is 1.00. The van der Waals surface area contributed by atoms with Crippen LogP contribution in [0.4, 0.5) is 0 Å². The highest BCUT2D eigenvalue weighted by molar-refractivity contribution is 5.86. The fourth-order valence-electron chi connectivity index (χ4n) is 4.73. The summed E-state index contributed by atoms with van der Waals surface area (Å²) >= 11 is 0. The number of nitrogens with zero attached hydrogens (tertiary/aromatic N) is 2. The van der Waals surface area contributed by atoms with Crippen molar-refractivity contribution in [2.24, 2.45) is 5.41 Å². The molecule has 0 bridgehead atoms. The van der Waals surface area contributed by atoms with E-state index in [1.165, 1.54) is 53.7 Å². The van der Waals surface area contributed by atoms with Gasteiger partial charge in [0.05, 0.1) is 12.1 Å². The van der Waals surface area contributed by atoms with Crippen molar-refractivity contribution < 1.29 is 4.74 Å². The summed E-state index contributed by atoms with van der Waals surface area (Å²) in [6.45, 7) is 13.5. The third-order valence-corrected chi connectivity index (χ3v) is 6.09.